The van der Waals surface area contributed by atoms with Gasteiger partial charge in [0.1, 0.15) is 0 Å². The summed E-state index contributed by atoms with van der Waals surface area (Å²) in [6, 6.07) is 4.84. The van der Waals surface area contributed by atoms with Crippen molar-refractivity contribution in [2.24, 2.45) is 0 Å². The molecule has 0 aliphatic rings. The zero-order valence-electron chi connectivity index (χ0n) is 12.2. The van der Waals surface area contributed by atoms with Crippen LogP contribution in [0.3, 0.4) is 0 Å². The maximum Gasteiger partial charge on any atom is 0.165 e. The van der Waals surface area contributed by atoms with E-state index in [1.165, 1.54) is 13.2 Å². The summed E-state index contributed by atoms with van der Waals surface area (Å²) in [5.41, 5.74) is 0.256. The van der Waals surface area contributed by atoms with Crippen molar-refractivity contribution in [2.45, 2.75) is 45.3 Å². The Balaban J connectivity index is 2.70. The van der Waals surface area contributed by atoms with Gasteiger partial charge in [0.25, 0.3) is 0 Å². The van der Waals surface area contributed by atoms with Crippen LogP contribution in [0.2, 0.25) is 0 Å². The topological polar surface area (TPSA) is 41.5 Å². The van der Waals surface area contributed by atoms with Crippen molar-refractivity contribution in [1.82, 2.24) is 5.32 Å². The number of aliphatic hydroxyl groups is 1. The number of hydrogen-bond donors (Lipinski definition) is 2. The molecule has 1 unspecified atom stereocenters. The fourth-order valence-corrected chi connectivity index (χ4v) is 1.91. The fraction of sp³-hybridized carbons (Fsp3) is 0.600. The summed E-state index contributed by atoms with van der Waals surface area (Å²) in [6.07, 6.45) is 1.41. The van der Waals surface area contributed by atoms with E-state index in [0.717, 1.165) is 5.56 Å². The molecule has 19 heavy (non-hydrogen) atoms. The molecule has 4 heteroatoms. The fourth-order valence-electron chi connectivity index (χ4n) is 1.91. The van der Waals surface area contributed by atoms with Crippen molar-refractivity contribution in [3.8, 4) is 5.75 Å². The molecule has 0 spiro atoms. The van der Waals surface area contributed by atoms with Crippen LogP contribution in [0.25, 0.3) is 0 Å². The first-order valence-electron chi connectivity index (χ1n) is 6.75. The average Bonchev–Trinajstić information content (AvgIpc) is 2.44. The van der Waals surface area contributed by atoms with Gasteiger partial charge in [0, 0.05) is 12.6 Å². The lowest BCUT2D eigenvalue weighted by atomic mass is 9.96. The molecule has 0 amide bonds. The first kappa shape index (κ1) is 15.9. The van der Waals surface area contributed by atoms with Gasteiger partial charge in [-0.05, 0) is 37.5 Å². The van der Waals surface area contributed by atoms with E-state index in [2.05, 4.69) is 5.32 Å². The molecule has 1 aromatic carbocycles. The molecule has 0 bridgehead atoms. The molecule has 0 radical (unpaired) electrons. The Kier molecular flexibility index (Phi) is 5.76. The van der Waals surface area contributed by atoms with Crippen molar-refractivity contribution in [3.63, 3.8) is 0 Å². The molecule has 0 heterocycles. The highest BCUT2D eigenvalue weighted by atomic mass is 19.1. The minimum atomic E-state index is -0.682. The minimum absolute atomic E-state index is 0.0270. The predicted octanol–water partition coefficient (Wildman–Crippen LogP) is 3.04. The summed E-state index contributed by atoms with van der Waals surface area (Å²) in [5.74, 6) is -0.121. The summed E-state index contributed by atoms with van der Waals surface area (Å²) in [5, 5.41) is 13.5. The van der Waals surface area contributed by atoms with Crippen LogP contribution in [-0.2, 0) is 0 Å². The van der Waals surface area contributed by atoms with Crippen LogP contribution < -0.4 is 10.1 Å². The molecule has 108 valence electrons. The summed E-state index contributed by atoms with van der Waals surface area (Å²) in [4.78, 5) is 0. The van der Waals surface area contributed by atoms with E-state index in [9.17, 15) is 9.50 Å². The molecule has 1 aromatic rings. The average molecular weight is 269 g/mol. The lowest BCUT2D eigenvalue weighted by molar-refractivity contribution is 0.0303. The third-order valence-electron chi connectivity index (χ3n) is 3.73. The largest absolute Gasteiger partial charge is 0.494 e. The molecule has 0 saturated carbocycles. The van der Waals surface area contributed by atoms with E-state index < -0.39 is 5.60 Å². The van der Waals surface area contributed by atoms with Crippen LogP contribution in [0.5, 0.6) is 5.75 Å². The molecule has 0 fully saturated rings. The zero-order chi connectivity index (χ0) is 14.5. The standard InChI is InChI=1S/C15H24FNO2/c1-5-15(18,6-2)10-17-11(3)12-7-8-13(16)14(9-12)19-4/h7-9,11,17-18H,5-6,10H2,1-4H3. The molecular formula is C15H24FNO2. The number of halogens is 1. The number of methoxy groups -OCH3 is 1. The van der Waals surface area contributed by atoms with Gasteiger partial charge < -0.3 is 15.2 Å². The highest BCUT2D eigenvalue weighted by Crippen LogP contribution is 2.23. The van der Waals surface area contributed by atoms with Crippen molar-refractivity contribution in [1.29, 1.82) is 0 Å². The Morgan fingerprint density at radius 3 is 2.53 bits per heavy atom. The summed E-state index contributed by atoms with van der Waals surface area (Å²) < 4.78 is 18.3. The van der Waals surface area contributed by atoms with Gasteiger partial charge in [-0.15, -0.1) is 0 Å². The Labute approximate surface area is 114 Å². The van der Waals surface area contributed by atoms with Gasteiger partial charge >= 0.3 is 0 Å². The number of rotatable bonds is 7. The Morgan fingerprint density at radius 2 is 2.00 bits per heavy atom. The van der Waals surface area contributed by atoms with E-state index in [0.29, 0.717) is 19.4 Å². The maximum atomic E-state index is 13.3. The molecule has 3 nitrogen and oxygen atoms in total. The monoisotopic (exact) mass is 269 g/mol. The lowest BCUT2D eigenvalue weighted by Gasteiger charge is -2.27. The zero-order valence-corrected chi connectivity index (χ0v) is 12.2. The Morgan fingerprint density at radius 1 is 1.37 bits per heavy atom. The molecule has 0 aliphatic heterocycles. The van der Waals surface area contributed by atoms with Crippen LogP contribution in [0.1, 0.15) is 45.2 Å². The molecule has 0 aliphatic carbocycles. The van der Waals surface area contributed by atoms with Gasteiger partial charge in [-0.25, -0.2) is 4.39 Å². The van der Waals surface area contributed by atoms with Crippen LogP contribution >= 0.6 is 0 Å². The lowest BCUT2D eigenvalue weighted by Crippen LogP contribution is -2.40. The van der Waals surface area contributed by atoms with Crippen molar-refractivity contribution >= 4 is 0 Å². The van der Waals surface area contributed by atoms with E-state index in [1.54, 1.807) is 12.1 Å². The first-order valence-corrected chi connectivity index (χ1v) is 6.75. The molecule has 1 rings (SSSR count). The van der Waals surface area contributed by atoms with Gasteiger partial charge in [-0.1, -0.05) is 19.9 Å². The maximum absolute atomic E-state index is 13.3. The molecule has 0 aromatic heterocycles. The van der Waals surface area contributed by atoms with Gasteiger partial charge in [0.2, 0.25) is 0 Å². The van der Waals surface area contributed by atoms with Crippen LogP contribution in [-0.4, -0.2) is 24.4 Å². The summed E-state index contributed by atoms with van der Waals surface area (Å²) in [7, 11) is 1.45. The van der Waals surface area contributed by atoms with E-state index in [-0.39, 0.29) is 17.6 Å². The van der Waals surface area contributed by atoms with E-state index in [4.69, 9.17) is 4.74 Å². The quantitative estimate of drug-likeness (QED) is 0.799. The van der Waals surface area contributed by atoms with Crippen LogP contribution in [0.15, 0.2) is 18.2 Å². The molecule has 0 saturated heterocycles. The van der Waals surface area contributed by atoms with Crippen molar-refractivity contribution < 1.29 is 14.2 Å². The second-order valence-corrected chi connectivity index (χ2v) is 4.93. The first-order chi connectivity index (χ1) is 8.95. The molecule has 1 atom stereocenters. The third kappa shape index (κ3) is 4.18. The van der Waals surface area contributed by atoms with Gasteiger partial charge in [0.15, 0.2) is 11.6 Å². The second-order valence-electron chi connectivity index (χ2n) is 4.93. The number of ether oxygens (including phenoxy) is 1. The second kappa shape index (κ2) is 6.87. The van der Waals surface area contributed by atoms with Crippen molar-refractivity contribution in [2.75, 3.05) is 13.7 Å². The van der Waals surface area contributed by atoms with E-state index in [1.807, 2.05) is 20.8 Å². The predicted molar refractivity (Wildman–Crippen MR) is 74.9 cm³/mol. The Bertz CT molecular complexity index is 405. The number of nitrogens with one attached hydrogen (secondary N) is 1. The number of benzene rings is 1. The Hall–Kier alpha value is -1.13. The van der Waals surface area contributed by atoms with E-state index >= 15 is 0 Å². The van der Waals surface area contributed by atoms with Gasteiger partial charge in [-0.3, -0.25) is 0 Å². The highest BCUT2D eigenvalue weighted by molar-refractivity contribution is 5.31. The summed E-state index contributed by atoms with van der Waals surface area (Å²) in [6.45, 7) is 6.44. The normalized spacial score (nSPS) is 13.4. The third-order valence-corrected chi connectivity index (χ3v) is 3.73. The van der Waals surface area contributed by atoms with Gasteiger partial charge in [0.05, 0.1) is 12.7 Å². The minimum Gasteiger partial charge on any atom is -0.494 e. The van der Waals surface area contributed by atoms with Gasteiger partial charge in [-0.2, -0.15) is 0 Å². The molecular weight excluding hydrogens is 245 g/mol. The highest BCUT2D eigenvalue weighted by Gasteiger charge is 2.22. The summed E-state index contributed by atoms with van der Waals surface area (Å²) >= 11 is 0. The number of hydrogen-bond acceptors (Lipinski definition) is 3. The van der Waals surface area contributed by atoms with Crippen LogP contribution in [0, 0.1) is 5.82 Å². The van der Waals surface area contributed by atoms with Crippen LogP contribution in [0.4, 0.5) is 4.39 Å². The van der Waals surface area contributed by atoms with Crippen molar-refractivity contribution in [3.05, 3.63) is 29.6 Å². The molecule has 2 N–H and O–H groups in total. The smallest absolute Gasteiger partial charge is 0.165 e. The SMILES string of the molecule is CCC(O)(CC)CNC(C)c1ccc(F)c(OC)c1.